The maximum atomic E-state index is 12.2. The van der Waals surface area contributed by atoms with Gasteiger partial charge in [0, 0.05) is 58.6 Å². The van der Waals surface area contributed by atoms with E-state index in [-0.39, 0.29) is 11.5 Å². The van der Waals surface area contributed by atoms with Crippen molar-refractivity contribution in [3.63, 3.8) is 0 Å². The topological polar surface area (TPSA) is 79.7 Å². The lowest BCUT2D eigenvalue weighted by molar-refractivity contribution is -0.127. The molecule has 2 saturated heterocycles. The first-order valence-electron chi connectivity index (χ1n) is 6.80. The summed E-state index contributed by atoms with van der Waals surface area (Å²) in [6.45, 7) is 5.36. The van der Waals surface area contributed by atoms with Crippen LogP contribution < -0.4 is 5.32 Å². The Labute approximate surface area is 118 Å². The van der Waals surface area contributed by atoms with E-state index in [0.717, 1.165) is 19.5 Å². The molecule has 7 nitrogen and oxygen atoms in total. The van der Waals surface area contributed by atoms with E-state index in [9.17, 15) is 14.9 Å². The fourth-order valence-corrected chi connectivity index (χ4v) is 2.32. The molecule has 0 aliphatic carbocycles. The number of piperazine rings is 2. The molecule has 2 fully saturated rings. The molecule has 0 atom stereocenters. The van der Waals surface area contributed by atoms with Gasteiger partial charge in [-0.1, -0.05) is 0 Å². The summed E-state index contributed by atoms with van der Waals surface area (Å²) in [5.74, 6) is -0.202. The first kappa shape index (κ1) is 14.3. The minimum atomic E-state index is -0.202. The van der Waals surface area contributed by atoms with Crippen LogP contribution in [0.1, 0.15) is 0 Å². The van der Waals surface area contributed by atoms with Crippen molar-refractivity contribution in [1.82, 2.24) is 20.0 Å². The lowest BCUT2D eigenvalue weighted by Gasteiger charge is -2.32. The third-order valence-electron chi connectivity index (χ3n) is 3.56. The summed E-state index contributed by atoms with van der Waals surface area (Å²) in [5.41, 5.74) is 0.173. The summed E-state index contributed by atoms with van der Waals surface area (Å²) in [6.07, 6.45) is 2.46. The summed E-state index contributed by atoms with van der Waals surface area (Å²) < 4.78 is 0. The van der Waals surface area contributed by atoms with Crippen LogP contribution in [0.4, 0.5) is 0 Å². The highest BCUT2D eigenvalue weighted by Gasteiger charge is 2.21. The number of nitrogens with zero attached hydrogens (tertiary/aromatic N) is 4. The molecule has 0 spiro atoms. The molecule has 0 aromatic rings. The van der Waals surface area contributed by atoms with Crippen LogP contribution in [0.15, 0.2) is 11.8 Å². The quantitative estimate of drug-likeness (QED) is 0.390. The molecule has 2 aliphatic heterocycles. The van der Waals surface area contributed by atoms with E-state index in [1.165, 1.54) is 0 Å². The Balaban J connectivity index is 1.97. The maximum Gasteiger partial charge on any atom is 0.266 e. The maximum absolute atomic E-state index is 12.2. The molecule has 2 heterocycles. The first-order chi connectivity index (χ1) is 9.74. The molecule has 2 amide bonds. The summed E-state index contributed by atoms with van der Waals surface area (Å²) in [7, 11) is 0. The highest BCUT2D eigenvalue weighted by molar-refractivity contribution is 5.97. The Kier molecular flexibility index (Phi) is 4.96. The van der Waals surface area contributed by atoms with Crippen molar-refractivity contribution in [1.29, 1.82) is 5.26 Å². The van der Waals surface area contributed by atoms with Crippen LogP contribution in [-0.4, -0.2) is 79.4 Å². The molecule has 1 N–H and O–H groups in total. The molecule has 0 aromatic carbocycles. The van der Waals surface area contributed by atoms with Gasteiger partial charge in [-0.05, 0) is 0 Å². The molecule has 0 aromatic heterocycles. The number of rotatable bonds is 3. The minimum Gasteiger partial charge on any atom is -0.373 e. The number of carbonyl (C=O) groups excluding carboxylic acids is 2. The molecule has 0 bridgehead atoms. The molecule has 2 rings (SSSR count). The van der Waals surface area contributed by atoms with Gasteiger partial charge in [-0.2, -0.15) is 5.26 Å². The van der Waals surface area contributed by atoms with Gasteiger partial charge in [-0.3, -0.25) is 9.59 Å². The number of hydrogen-bond acceptors (Lipinski definition) is 5. The summed E-state index contributed by atoms with van der Waals surface area (Å²) in [4.78, 5) is 28.2. The van der Waals surface area contributed by atoms with E-state index >= 15 is 0 Å². The minimum absolute atomic E-state index is 0.173. The fourth-order valence-electron chi connectivity index (χ4n) is 2.32. The zero-order valence-electron chi connectivity index (χ0n) is 11.4. The van der Waals surface area contributed by atoms with Crippen molar-refractivity contribution in [3.8, 4) is 6.07 Å². The van der Waals surface area contributed by atoms with Crippen molar-refractivity contribution < 1.29 is 9.59 Å². The average molecular weight is 277 g/mol. The highest BCUT2D eigenvalue weighted by Crippen LogP contribution is 2.07. The molecule has 2 aliphatic rings. The Hall–Kier alpha value is -2.07. The van der Waals surface area contributed by atoms with Gasteiger partial charge in [0.25, 0.3) is 5.91 Å². The third-order valence-corrected chi connectivity index (χ3v) is 3.56. The molecule has 0 radical (unpaired) electrons. The smallest absolute Gasteiger partial charge is 0.266 e. The molecular formula is C13H19N5O2. The van der Waals surface area contributed by atoms with E-state index in [0.29, 0.717) is 39.3 Å². The van der Waals surface area contributed by atoms with Gasteiger partial charge >= 0.3 is 0 Å². The number of carbonyl (C=O) groups is 2. The van der Waals surface area contributed by atoms with E-state index < -0.39 is 0 Å². The SMILES string of the molecule is N#C/C(=C/N1CCN(C=O)CC1)C(=O)N1CCNCC1. The average Bonchev–Trinajstić information content (AvgIpc) is 2.53. The van der Waals surface area contributed by atoms with E-state index in [4.69, 9.17) is 0 Å². The molecule has 7 heteroatoms. The molecule has 20 heavy (non-hydrogen) atoms. The summed E-state index contributed by atoms with van der Waals surface area (Å²) >= 11 is 0. The molecule has 0 saturated carbocycles. The summed E-state index contributed by atoms with van der Waals surface area (Å²) in [5, 5.41) is 12.4. The van der Waals surface area contributed by atoms with Crippen molar-refractivity contribution >= 4 is 12.3 Å². The second-order valence-corrected chi connectivity index (χ2v) is 4.87. The largest absolute Gasteiger partial charge is 0.373 e. The van der Waals surface area contributed by atoms with Gasteiger partial charge in [-0.25, -0.2) is 0 Å². The Bertz CT molecular complexity index is 429. The first-order valence-corrected chi connectivity index (χ1v) is 6.80. The van der Waals surface area contributed by atoms with E-state index in [1.54, 1.807) is 16.0 Å². The monoisotopic (exact) mass is 277 g/mol. The number of nitriles is 1. The van der Waals surface area contributed by atoms with Gasteiger partial charge in [0.05, 0.1) is 0 Å². The zero-order chi connectivity index (χ0) is 14.4. The Morgan fingerprint density at radius 1 is 1.05 bits per heavy atom. The van der Waals surface area contributed by atoms with Crippen LogP contribution in [0.5, 0.6) is 0 Å². The van der Waals surface area contributed by atoms with Crippen molar-refractivity contribution in [2.45, 2.75) is 0 Å². The predicted molar refractivity (Wildman–Crippen MR) is 72.4 cm³/mol. The molecular weight excluding hydrogens is 258 g/mol. The second kappa shape index (κ2) is 6.91. The van der Waals surface area contributed by atoms with Gasteiger partial charge < -0.3 is 20.0 Å². The standard InChI is InChI=1S/C13H19N5O2/c14-9-12(13(20)18-3-1-15-2-4-18)10-16-5-7-17(11-19)8-6-16/h10-11,15H,1-8H2/b12-10-. The van der Waals surface area contributed by atoms with Crippen molar-refractivity contribution in [2.75, 3.05) is 52.4 Å². The zero-order valence-corrected chi connectivity index (χ0v) is 11.4. The van der Waals surface area contributed by atoms with Gasteiger partial charge in [-0.15, -0.1) is 0 Å². The molecule has 0 unspecified atom stereocenters. The Morgan fingerprint density at radius 2 is 1.65 bits per heavy atom. The predicted octanol–water partition coefficient (Wildman–Crippen LogP) is -1.40. The van der Waals surface area contributed by atoms with Crippen LogP contribution in [0, 0.1) is 11.3 Å². The lowest BCUT2D eigenvalue weighted by atomic mass is 10.2. The fraction of sp³-hybridized carbons (Fsp3) is 0.615. The number of amides is 2. The van der Waals surface area contributed by atoms with Crippen LogP contribution in [-0.2, 0) is 9.59 Å². The lowest BCUT2D eigenvalue weighted by Crippen LogP contribution is -2.47. The van der Waals surface area contributed by atoms with Crippen LogP contribution >= 0.6 is 0 Å². The summed E-state index contributed by atoms with van der Waals surface area (Å²) in [6, 6.07) is 2.00. The second-order valence-electron chi connectivity index (χ2n) is 4.87. The normalized spacial score (nSPS) is 20.6. The van der Waals surface area contributed by atoms with Crippen LogP contribution in [0.25, 0.3) is 0 Å². The Morgan fingerprint density at radius 3 is 2.20 bits per heavy atom. The highest BCUT2D eigenvalue weighted by atomic mass is 16.2. The van der Waals surface area contributed by atoms with Crippen LogP contribution in [0.3, 0.4) is 0 Å². The van der Waals surface area contributed by atoms with Crippen molar-refractivity contribution in [2.24, 2.45) is 0 Å². The van der Waals surface area contributed by atoms with Crippen LogP contribution in [0.2, 0.25) is 0 Å². The van der Waals surface area contributed by atoms with Crippen molar-refractivity contribution in [3.05, 3.63) is 11.8 Å². The van der Waals surface area contributed by atoms with E-state index in [2.05, 4.69) is 5.32 Å². The number of nitrogens with one attached hydrogen (secondary N) is 1. The van der Waals surface area contributed by atoms with Gasteiger partial charge in [0.1, 0.15) is 11.6 Å². The van der Waals surface area contributed by atoms with Gasteiger partial charge in [0.2, 0.25) is 6.41 Å². The number of hydrogen-bond donors (Lipinski definition) is 1. The molecule has 108 valence electrons. The van der Waals surface area contributed by atoms with E-state index in [1.807, 2.05) is 11.0 Å². The third kappa shape index (κ3) is 3.48. The van der Waals surface area contributed by atoms with Gasteiger partial charge in [0.15, 0.2) is 0 Å².